The van der Waals surface area contributed by atoms with Crippen LogP contribution in [0.4, 0.5) is 16.3 Å². The van der Waals surface area contributed by atoms with Crippen LogP contribution in [0, 0.1) is 0 Å². The Bertz CT molecular complexity index is 1170. The predicted molar refractivity (Wildman–Crippen MR) is 116 cm³/mol. The van der Waals surface area contributed by atoms with E-state index in [1.165, 1.54) is 6.33 Å². The van der Waals surface area contributed by atoms with Crippen molar-refractivity contribution in [3.05, 3.63) is 72.7 Å². The van der Waals surface area contributed by atoms with E-state index >= 15 is 0 Å². The number of rotatable bonds is 7. The normalized spacial score (nSPS) is 10.6. The Balaban J connectivity index is 1.58. The van der Waals surface area contributed by atoms with Crippen molar-refractivity contribution in [1.29, 1.82) is 0 Å². The monoisotopic (exact) mass is 418 g/mol. The van der Waals surface area contributed by atoms with Crippen molar-refractivity contribution in [2.75, 3.05) is 11.9 Å². The highest BCUT2D eigenvalue weighted by atomic mass is 16.7. The maximum atomic E-state index is 11.8. The number of hydrogen-bond acceptors (Lipinski definition) is 7. The molecule has 0 bridgehead atoms. The van der Waals surface area contributed by atoms with Crippen LogP contribution in [0.25, 0.3) is 5.52 Å². The highest BCUT2D eigenvalue weighted by Gasteiger charge is 2.19. The topological polar surface area (TPSA) is 87.0 Å². The van der Waals surface area contributed by atoms with Crippen LogP contribution in [-0.4, -0.2) is 27.4 Å². The highest BCUT2D eigenvalue weighted by Crippen LogP contribution is 2.32. The van der Waals surface area contributed by atoms with Crippen LogP contribution in [0.15, 0.2) is 67.1 Å². The molecule has 158 valence electrons. The van der Waals surface area contributed by atoms with Crippen molar-refractivity contribution >= 4 is 23.2 Å². The minimum absolute atomic E-state index is 0.240. The molecule has 0 saturated carbocycles. The first-order valence-corrected chi connectivity index (χ1v) is 9.97. The lowest BCUT2D eigenvalue weighted by molar-refractivity contribution is 0.104. The molecular weight excluding hydrogens is 396 g/mol. The van der Waals surface area contributed by atoms with Gasteiger partial charge in [-0.25, -0.2) is 14.3 Å². The second-order valence-corrected chi connectivity index (χ2v) is 6.58. The predicted octanol–water partition coefficient (Wildman–Crippen LogP) is 5.36. The first kappa shape index (κ1) is 20.2. The number of nitrogens with zero attached hydrogens (tertiary/aromatic N) is 3. The smallest absolute Gasteiger partial charge is 0.457 e. The maximum absolute atomic E-state index is 11.8. The molecule has 0 spiro atoms. The Hall–Kier alpha value is -4.07. The van der Waals surface area contributed by atoms with Gasteiger partial charge in [0.1, 0.15) is 23.3 Å². The van der Waals surface area contributed by atoms with Crippen molar-refractivity contribution < 1.29 is 19.0 Å². The van der Waals surface area contributed by atoms with Crippen LogP contribution in [0.5, 0.6) is 17.2 Å². The summed E-state index contributed by atoms with van der Waals surface area (Å²) >= 11 is 0. The number of benzene rings is 2. The van der Waals surface area contributed by atoms with E-state index in [-0.39, 0.29) is 6.61 Å². The molecule has 0 saturated heterocycles. The molecule has 0 fully saturated rings. The Kier molecular flexibility index (Phi) is 5.98. The standard InChI is InChI=1S/C23H22N4O4/c1-3-19-20(31-23(28)29-4-2)14-27-21(19)22(24-15-25-27)26-16-10-12-18(13-11-16)30-17-8-6-5-7-9-17/h5-15H,3-4H2,1-2H3,(H,24,25,26). The third-order valence-corrected chi connectivity index (χ3v) is 4.54. The van der Waals surface area contributed by atoms with E-state index in [1.807, 2.05) is 61.5 Å². The molecule has 1 N–H and O–H groups in total. The van der Waals surface area contributed by atoms with Crippen LogP contribution in [-0.2, 0) is 11.2 Å². The van der Waals surface area contributed by atoms with Crippen molar-refractivity contribution in [3.63, 3.8) is 0 Å². The summed E-state index contributed by atoms with van der Waals surface area (Å²) in [5.74, 6) is 2.50. The summed E-state index contributed by atoms with van der Waals surface area (Å²) in [6.07, 6.45) is 2.96. The average molecular weight is 418 g/mol. The number of para-hydroxylation sites is 1. The van der Waals surface area contributed by atoms with Gasteiger partial charge in [0, 0.05) is 11.3 Å². The summed E-state index contributed by atoms with van der Waals surface area (Å²) in [6, 6.07) is 17.2. The van der Waals surface area contributed by atoms with Gasteiger partial charge in [0.15, 0.2) is 11.6 Å². The van der Waals surface area contributed by atoms with Gasteiger partial charge < -0.3 is 19.5 Å². The second kappa shape index (κ2) is 9.17. The number of aryl methyl sites for hydroxylation is 1. The zero-order chi connectivity index (χ0) is 21.6. The van der Waals surface area contributed by atoms with Crippen molar-refractivity contribution in [1.82, 2.24) is 14.6 Å². The van der Waals surface area contributed by atoms with Gasteiger partial charge in [-0.2, -0.15) is 5.10 Å². The number of carbonyl (C=O) groups excluding carboxylic acids is 1. The van der Waals surface area contributed by atoms with Gasteiger partial charge in [-0.05, 0) is 49.7 Å². The van der Waals surface area contributed by atoms with Crippen molar-refractivity contribution in [2.45, 2.75) is 20.3 Å². The molecule has 2 aromatic heterocycles. The SMILES string of the molecule is CCOC(=O)Oc1cn2ncnc(Nc3ccc(Oc4ccccc4)cc3)c2c1CC. The summed E-state index contributed by atoms with van der Waals surface area (Å²) in [4.78, 5) is 16.2. The molecule has 0 aliphatic carbocycles. The first-order chi connectivity index (χ1) is 15.2. The summed E-state index contributed by atoms with van der Waals surface area (Å²) in [5, 5.41) is 7.55. The summed E-state index contributed by atoms with van der Waals surface area (Å²) in [7, 11) is 0. The molecule has 2 aromatic carbocycles. The van der Waals surface area contributed by atoms with Crippen LogP contribution in [0.3, 0.4) is 0 Å². The molecule has 0 aliphatic rings. The fourth-order valence-corrected chi connectivity index (χ4v) is 3.18. The zero-order valence-electron chi connectivity index (χ0n) is 17.2. The van der Waals surface area contributed by atoms with Crippen LogP contribution < -0.4 is 14.8 Å². The molecule has 31 heavy (non-hydrogen) atoms. The molecule has 2 heterocycles. The number of carbonyl (C=O) groups is 1. The summed E-state index contributed by atoms with van der Waals surface area (Å²) in [5.41, 5.74) is 2.37. The second-order valence-electron chi connectivity index (χ2n) is 6.58. The Morgan fingerprint density at radius 1 is 1.03 bits per heavy atom. The molecular formula is C23H22N4O4. The van der Waals surface area contributed by atoms with Crippen LogP contribution in [0.1, 0.15) is 19.4 Å². The van der Waals surface area contributed by atoms with Crippen LogP contribution >= 0.6 is 0 Å². The molecule has 8 heteroatoms. The third kappa shape index (κ3) is 4.58. The fraction of sp³-hybridized carbons (Fsp3) is 0.174. The minimum Gasteiger partial charge on any atom is -0.457 e. The van der Waals surface area contributed by atoms with E-state index in [0.29, 0.717) is 18.0 Å². The molecule has 4 rings (SSSR count). The van der Waals surface area contributed by atoms with Gasteiger partial charge in [0.25, 0.3) is 0 Å². The third-order valence-electron chi connectivity index (χ3n) is 4.54. The average Bonchev–Trinajstić information content (AvgIpc) is 3.14. The number of aromatic nitrogens is 3. The Morgan fingerprint density at radius 3 is 2.48 bits per heavy atom. The number of fused-ring (bicyclic) bond motifs is 1. The molecule has 0 atom stereocenters. The van der Waals surface area contributed by atoms with Gasteiger partial charge in [-0.3, -0.25) is 0 Å². The van der Waals surface area contributed by atoms with Gasteiger partial charge in [-0.1, -0.05) is 25.1 Å². The van der Waals surface area contributed by atoms with E-state index in [9.17, 15) is 4.79 Å². The number of anilines is 2. The van der Waals surface area contributed by atoms with E-state index in [2.05, 4.69) is 15.4 Å². The van der Waals surface area contributed by atoms with Gasteiger partial charge in [-0.15, -0.1) is 0 Å². The van der Waals surface area contributed by atoms with E-state index in [1.54, 1.807) is 17.6 Å². The van der Waals surface area contributed by atoms with Crippen molar-refractivity contribution in [3.8, 4) is 17.2 Å². The van der Waals surface area contributed by atoms with E-state index in [0.717, 1.165) is 28.3 Å². The molecule has 4 aromatic rings. The number of hydrogen-bond donors (Lipinski definition) is 1. The fourth-order valence-electron chi connectivity index (χ4n) is 3.18. The maximum Gasteiger partial charge on any atom is 0.513 e. The van der Waals surface area contributed by atoms with E-state index < -0.39 is 6.16 Å². The zero-order valence-corrected chi connectivity index (χ0v) is 17.2. The van der Waals surface area contributed by atoms with Crippen molar-refractivity contribution in [2.24, 2.45) is 0 Å². The minimum atomic E-state index is -0.746. The molecule has 0 radical (unpaired) electrons. The lowest BCUT2D eigenvalue weighted by Crippen LogP contribution is -2.10. The first-order valence-electron chi connectivity index (χ1n) is 9.97. The Morgan fingerprint density at radius 2 is 1.77 bits per heavy atom. The van der Waals surface area contributed by atoms with E-state index in [4.69, 9.17) is 14.2 Å². The number of nitrogens with one attached hydrogen (secondary N) is 1. The van der Waals surface area contributed by atoms with Gasteiger partial charge in [0.2, 0.25) is 0 Å². The molecule has 0 unspecified atom stereocenters. The Labute approximate surface area is 179 Å². The highest BCUT2D eigenvalue weighted by molar-refractivity contribution is 5.80. The lowest BCUT2D eigenvalue weighted by Gasteiger charge is -2.10. The number of ether oxygens (including phenoxy) is 3. The van der Waals surface area contributed by atoms with Crippen LogP contribution in [0.2, 0.25) is 0 Å². The molecule has 8 nitrogen and oxygen atoms in total. The largest absolute Gasteiger partial charge is 0.513 e. The molecule has 0 amide bonds. The summed E-state index contributed by atoms with van der Waals surface area (Å²) in [6.45, 7) is 3.94. The quantitative estimate of drug-likeness (QED) is 0.404. The molecule has 0 aliphatic heterocycles. The summed E-state index contributed by atoms with van der Waals surface area (Å²) < 4.78 is 17.7. The lowest BCUT2D eigenvalue weighted by atomic mass is 10.2. The van der Waals surface area contributed by atoms with Gasteiger partial charge >= 0.3 is 6.16 Å². The van der Waals surface area contributed by atoms with Gasteiger partial charge in [0.05, 0.1) is 12.8 Å².